The maximum atomic E-state index is 12.5. The van der Waals surface area contributed by atoms with Crippen LogP contribution in [0.1, 0.15) is 37.9 Å². The summed E-state index contributed by atoms with van der Waals surface area (Å²) in [6.07, 6.45) is 3.69. The number of carbonyl (C=O) groups is 3. The molecule has 1 saturated heterocycles. The van der Waals surface area contributed by atoms with E-state index in [-0.39, 0.29) is 49.1 Å². The molecule has 2 atom stereocenters. The van der Waals surface area contributed by atoms with E-state index in [1.807, 2.05) is 36.4 Å². The van der Waals surface area contributed by atoms with Crippen molar-refractivity contribution < 1.29 is 18.8 Å². The average molecular weight is 459 g/mol. The fraction of sp³-hybridized carbons (Fsp3) is 0.409. The van der Waals surface area contributed by atoms with E-state index in [0.29, 0.717) is 5.76 Å². The lowest BCUT2D eigenvalue weighted by atomic mass is 9.81. The summed E-state index contributed by atoms with van der Waals surface area (Å²) in [6.45, 7) is 0.418. The smallest absolute Gasteiger partial charge is 0.233 e. The van der Waals surface area contributed by atoms with Gasteiger partial charge in [-0.1, -0.05) is 40.9 Å². The molecule has 0 bridgehead atoms. The summed E-state index contributed by atoms with van der Waals surface area (Å²) < 4.78 is 6.78. The highest BCUT2D eigenvalue weighted by molar-refractivity contribution is 9.10. The summed E-state index contributed by atoms with van der Waals surface area (Å²) in [5.74, 6) is 0.643. The van der Waals surface area contributed by atoms with E-state index >= 15 is 0 Å². The van der Waals surface area contributed by atoms with Crippen molar-refractivity contribution in [2.24, 2.45) is 11.8 Å². The number of hydrogen-bond acceptors (Lipinski definition) is 4. The van der Waals surface area contributed by atoms with E-state index in [1.54, 1.807) is 0 Å². The van der Waals surface area contributed by atoms with E-state index in [4.69, 9.17) is 4.42 Å². The molecule has 1 saturated carbocycles. The summed E-state index contributed by atoms with van der Waals surface area (Å²) in [5, 5.41) is 2.80. The first-order chi connectivity index (χ1) is 14.0. The number of nitrogens with zero attached hydrogens (tertiary/aromatic N) is 1. The van der Waals surface area contributed by atoms with Gasteiger partial charge in [-0.25, -0.2) is 0 Å². The molecule has 2 fully saturated rings. The average Bonchev–Trinajstić information content (AvgIpc) is 3.30. The minimum Gasteiger partial charge on any atom is -0.459 e. The Balaban J connectivity index is 1.27. The van der Waals surface area contributed by atoms with Gasteiger partial charge in [0.05, 0.1) is 18.4 Å². The van der Waals surface area contributed by atoms with Crippen molar-refractivity contribution in [1.82, 2.24) is 10.2 Å². The van der Waals surface area contributed by atoms with E-state index < -0.39 is 0 Å². The van der Waals surface area contributed by atoms with Gasteiger partial charge in [-0.05, 0) is 37.1 Å². The second-order valence-corrected chi connectivity index (χ2v) is 8.54. The zero-order valence-corrected chi connectivity index (χ0v) is 17.6. The van der Waals surface area contributed by atoms with Crippen molar-refractivity contribution in [1.29, 1.82) is 0 Å². The van der Waals surface area contributed by atoms with Gasteiger partial charge in [-0.15, -0.1) is 0 Å². The molecular weight excluding hydrogens is 436 g/mol. The highest BCUT2D eigenvalue weighted by Gasteiger charge is 2.47. The predicted molar refractivity (Wildman–Crippen MR) is 110 cm³/mol. The fourth-order valence-electron chi connectivity index (χ4n) is 4.18. The Morgan fingerprint density at radius 2 is 1.69 bits per heavy atom. The second-order valence-electron chi connectivity index (χ2n) is 7.63. The molecule has 4 rings (SSSR count). The van der Waals surface area contributed by atoms with E-state index in [1.165, 1.54) is 4.90 Å². The number of halogens is 1. The molecule has 0 radical (unpaired) electrons. The molecule has 1 N–H and O–H groups in total. The van der Waals surface area contributed by atoms with Crippen LogP contribution in [0.3, 0.4) is 0 Å². The molecule has 2 unspecified atom stereocenters. The summed E-state index contributed by atoms with van der Waals surface area (Å²) in [6, 6.07) is 11.5. The maximum absolute atomic E-state index is 12.5. The van der Waals surface area contributed by atoms with Crippen LogP contribution < -0.4 is 5.32 Å². The number of nitrogens with one attached hydrogen (secondary N) is 1. The first-order valence-corrected chi connectivity index (χ1v) is 10.8. The predicted octanol–water partition coefficient (Wildman–Crippen LogP) is 3.89. The molecule has 1 aromatic heterocycles. The van der Waals surface area contributed by atoms with Crippen LogP contribution in [-0.4, -0.2) is 29.2 Å². The number of likely N-dealkylation sites (tertiary alicyclic amines) is 1. The largest absolute Gasteiger partial charge is 0.459 e. The van der Waals surface area contributed by atoms with Crippen LogP contribution in [0.25, 0.3) is 11.3 Å². The van der Waals surface area contributed by atoms with Crippen molar-refractivity contribution in [3.05, 3.63) is 46.6 Å². The Morgan fingerprint density at radius 1 is 1.03 bits per heavy atom. The molecular formula is C22H23BrN2O4. The molecule has 0 spiro atoms. The Morgan fingerprint density at radius 3 is 2.34 bits per heavy atom. The Labute approximate surface area is 177 Å². The van der Waals surface area contributed by atoms with Gasteiger partial charge >= 0.3 is 0 Å². The summed E-state index contributed by atoms with van der Waals surface area (Å²) >= 11 is 3.40. The van der Waals surface area contributed by atoms with Gasteiger partial charge < -0.3 is 9.73 Å². The van der Waals surface area contributed by atoms with Crippen molar-refractivity contribution in [3.63, 3.8) is 0 Å². The summed E-state index contributed by atoms with van der Waals surface area (Å²) in [7, 11) is 0. The lowest BCUT2D eigenvalue weighted by Crippen LogP contribution is -2.35. The summed E-state index contributed by atoms with van der Waals surface area (Å²) in [5.41, 5.74) is 0.957. The maximum Gasteiger partial charge on any atom is 0.233 e. The Kier molecular flexibility index (Phi) is 5.85. The van der Waals surface area contributed by atoms with Gasteiger partial charge in [0.2, 0.25) is 17.7 Å². The molecule has 2 heterocycles. The second kappa shape index (κ2) is 8.53. The van der Waals surface area contributed by atoms with E-state index in [9.17, 15) is 14.4 Å². The number of carbonyl (C=O) groups excluding carboxylic acids is 3. The van der Waals surface area contributed by atoms with E-state index in [2.05, 4.69) is 21.2 Å². The van der Waals surface area contributed by atoms with Crippen LogP contribution in [-0.2, 0) is 20.9 Å². The third-order valence-corrected chi connectivity index (χ3v) is 6.27. The van der Waals surface area contributed by atoms with Gasteiger partial charge in [0.15, 0.2) is 0 Å². The molecule has 29 heavy (non-hydrogen) atoms. The standard InChI is InChI=1S/C22H23BrN2O4/c23-15-7-5-14(6-8-15)19-10-9-16(29-19)13-24-20(26)11-12-25-21(27)17-3-1-2-4-18(17)22(25)28/h5-10,17-18H,1-4,11-13H2,(H,24,26). The van der Waals surface area contributed by atoms with Crippen LogP contribution >= 0.6 is 15.9 Å². The highest BCUT2D eigenvalue weighted by atomic mass is 79.9. The van der Waals surface area contributed by atoms with Gasteiger partial charge in [-0.3, -0.25) is 19.3 Å². The number of furan rings is 1. The number of amides is 3. The molecule has 1 aromatic carbocycles. The lowest BCUT2D eigenvalue weighted by molar-refractivity contribution is -0.140. The van der Waals surface area contributed by atoms with Crippen molar-refractivity contribution in [3.8, 4) is 11.3 Å². The summed E-state index contributed by atoms with van der Waals surface area (Å²) in [4.78, 5) is 38.4. The molecule has 1 aliphatic carbocycles. The number of rotatable bonds is 6. The minimum absolute atomic E-state index is 0.0994. The quantitative estimate of drug-likeness (QED) is 0.665. The SMILES string of the molecule is O=C(CCN1C(=O)C2CCCCC2C1=O)NCc1ccc(-c2ccc(Br)cc2)o1. The number of hydrogen-bond donors (Lipinski definition) is 1. The molecule has 1 aliphatic heterocycles. The van der Waals surface area contributed by atoms with Gasteiger partial charge in [0.25, 0.3) is 0 Å². The number of imide groups is 1. The van der Waals surface area contributed by atoms with Crippen molar-refractivity contribution in [2.75, 3.05) is 6.54 Å². The monoisotopic (exact) mass is 458 g/mol. The molecule has 152 valence electrons. The number of fused-ring (bicyclic) bond motifs is 1. The molecule has 7 heteroatoms. The molecule has 2 aromatic rings. The normalized spacial score (nSPS) is 21.3. The van der Waals surface area contributed by atoms with Crippen LogP contribution in [0.4, 0.5) is 0 Å². The van der Waals surface area contributed by atoms with Crippen molar-refractivity contribution >= 4 is 33.7 Å². The van der Waals surface area contributed by atoms with E-state index in [0.717, 1.165) is 41.5 Å². The Bertz CT molecular complexity index is 897. The lowest BCUT2D eigenvalue weighted by Gasteiger charge is -2.19. The zero-order chi connectivity index (χ0) is 20.4. The Hall–Kier alpha value is -2.41. The first kappa shape index (κ1) is 19.9. The van der Waals surface area contributed by atoms with Crippen LogP contribution in [0.2, 0.25) is 0 Å². The number of benzene rings is 1. The van der Waals surface area contributed by atoms with Crippen LogP contribution in [0, 0.1) is 11.8 Å². The topological polar surface area (TPSA) is 79.6 Å². The van der Waals surface area contributed by atoms with Gasteiger partial charge in [0, 0.05) is 23.0 Å². The van der Waals surface area contributed by atoms with Crippen LogP contribution in [0.5, 0.6) is 0 Å². The fourth-order valence-corrected chi connectivity index (χ4v) is 4.45. The van der Waals surface area contributed by atoms with Crippen LogP contribution in [0.15, 0.2) is 45.3 Å². The third kappa shape index (κ3) is 4.29. The van der Waals surface area contributed by atoms with Gasteiger partial charge in [-0.2, -0.15) is 0 Å². The third-order valence-electron chi connectivity index (χ3n) is 5.75. The minimum atomic E-state index is -0.206. The van der Waals surface area contributed by atoms with Crippen molar-refractivity contribution in [2.45, 2.75) is 38.6 Å². The first-order valence-electron chi connectivity index (χ1n) is 9.99. The van der Waals surface area contributed by atoms with Gasteiger partial charge in [0.1, 0.15) is 11.5 Å². The molecule has 3 amide bonds. The highest BCUT2D eigenvalue weighted by Crippen LogP contribution is 2.37. The zero-order valence-electron chi connectivity index (χ0n) is 16.0. The molecule has 6 nitrogen and oxygen atoms in total. The molecule has 2 aliphatic rings.